The molecule has 0 saturated carbocycles. The summed E-state index contributed by atoms with van der Waals surface area (Å²) in [5.41, 5.74) is 5.62. The summed E-state index contributed by atoms with van der Waals surface area (Å²) in [6.07, 6.45) is 15.5. The summed E-state index contributed by atoms with van der Waals surface area (Å²) in [5, 5.41) is 14.6. The van der Waals surface area contributed by atoms with Crippen LogP contribution < -0.4 is 5.32 Å². The van der Waals surface area contributed by atoms with Crippen LogP contribution in [-0.2, 0) is 4.79 Å². The van der Waals surface area contributed by atoms with Crippen molar-refractivity contribution in [3.05, 3.63) is 45.9 Å². The molecule has 0 bridgehead atoms. The Morgan fingerprint density at radius 3 is 2.10 bits per heavy atom. The zero-order chi connectivity index (χ0) is 23.1. The maximum absolute atomic E-state index is 11.5. The topological polar surface area (TPSA) is 61.7 Å². The predicted molar refractivity (Wildman–Crippen MR) is 137 cm³/mol. The van der Waals surface area contributed by atoms with E-state index in [1.165, 1.54) is 22.3 Å². The fraction of sp³-hybridized carbons (Fsp3) is 0.615. The number of hydrogen-bond acceptors (Lipinski definition) is 4. The molecule has 0 aromatic rings. The maximum Gasteiger partial charge on any atom is 0.327 e. The van der Waals surface area contributed by atoms with Crippen molar-refractivity contribution in [1.29, 1.82) is 0 Å². The summed E-state index contributed by atoms with van der Waals surface area (Å²) in [7, 11) is 0. The van der Waals surface area contributed by atoms with E-state index >= 15 is 0 Å². The van der Waals surface area contributed by atoms with Gasteiger partial charge in [-0.3, -0.25) is 4.99 Å². The number of carboxylic acids is 1. The van der Waals surface area contributed by atoms with Crippen molar-refractivity contribution >= 4 is 23.6 Å². The van der Waals surface area contributed by atoms with Gasteiger partial charge in [-0.1, -0.05) is 40.5 Å². The zero-order valence-corrected chi connectivity index (χ0v) is 21.0. The Balaban J connectivity index is 2.27. The molecule has 174 valence electrons. The van der Waals surface area contributed by atoms with Gasteiger partial charge in [0.1, 0.15) is 6.04 Å². The molecule has 4 nitrogen and oxygen atoms in total. The molecule has 5 heteroatoms. The molecule has 1 heterocycles. The number of rotatable bonds is 14. The highest BCUT2D eigenvalue weighted by molar-refractivity contribution is 8.02. The van der Waals surface area contributed by atoms with E-state index in [1.54, 1.807) is 11.8 Å². The Bertz CT molecular complexity index is 713. The molecule has 1 atom stereocenters. The van der Waals surface area contributed by atoms with Crippen LogP contribution in [0.5, 0.6) is 0 Å². The van der Waals surface area contributed by atoms with E-state index in [4.69, 9.17) is 0 Å². The monoisotopic (exact) mass is 446 g/mol. The van der Waals surface area contributed by atoms with Crippen molar-refractivity contribution in [2.75, 3.05) is 12.3 Å². The lowest BCUT2D eigenvalue weighted by molar-refractivity contribution is -0.138. The first-order valence-corrected chi connectivity index (χ1v) is 12.6. The van der Waals surface area contributed by atoms with Crippen LogP contribution in [0.2, 0.25) is 0 Å². The Labute approximate surface area is 194 Å². The molecule has 0 aliphatic carbocycles. The molecule has 1 unspecified atom stereocenters. The quantitative estimate of drug-likeness (QED) is 0.280. The third-order valence-electron chi connectivity index (χ3n) is 5.21. The molecule has 31 heavy (non-hydrogen) atoms. The Kier molecular flexibility index (Phi) is 14.1. The van der Waals surface area contributed by atoms with Crippen molar-refractivity contribution in [3.8, 4) is 0 Å². The summed E-state index contributed by atoms with van der Waals surface area (Å²) in [4.78, 5) is 15.8. The van der Waals surface area contributed by atoms with Gasteiger partial charge in [-0.15, -0.1) is 11.8 Å². The molecule has 0 fully saturated rings. The molecule has 0 radical (unpaired) electrons. The smallest absolute Gasteiger partial charge is 0.327 e. The number of nitrogens with one attached hydrogen (secondary N) is 1. The van der Waals surface area contributed by atoms with E-state index in [0.29, 0.717) is 5.75 Å². The van der Waals surface area contributed by atoms with Gasteiger partial charge in [0.15, 0.2) is 0 Å². The molecule has 0 spiro atoms. The van der Waals surface area contributed by atoms with Gasteiger partial charge in [0, 0.05) is 18.7 Å². The third-order valence-corrected chi connectivity index (χ3v) is 6.31. The Hall–Kier alpha value is -1.75. The number of thioether (sulfide) groups is 1. The Morgan fingerprint density at radius 2 is 1.58 bits per heavy atom. The van der Waals surface area contributed by atoms with Gasteiger partial charge in [-0.25, -0.2) is 4.79 Å². The van der Waals surface area contributed by atoms with Gasteiger partial charge >= 0.3 is 5.97 Å². The molecule has 1 aliphatic heterocycles. The minimum atomic E-state index is -0.812. The molecule has 0 aromatic heterocycles. The summed E-state index contributed by atoms with van der Waals surface area (Å²) < 4.78 is 0. The van der Waals surface area contributed by atoms with Crippen LogP contribution in [0.3, 0.4) is 0 Å². The number of carbonyl (C=O) groups is 1. The number of aliphatic carboxylic acids is 1. The van der Waals surface area contributed by atoms with Gasteiger partial charge in [0.25, 0.3) is 0 Å². The first-order valence-electron chi connectivity index (χ1n) is 11.5. The summed E-state index contributed by atoms with van der Waals surface area (Å²) in [6.45, 7) is 11.7. The van der Waals surface area contributed by atoms with Crippen molar-refractivity contribution in [1.82, 2.24) is 5.32 Å². The Morgan fingerprint density at radius 1 is 1.00 bits per heavy atom. The van der Waals surface area contributed by atoms with Crippen molar-refractivity contribution in [2.24, 2.45) is 4.99 Å². The van der Waals surface area contributed by atoms with Gasteiger partial charge in [0.05, 0.1) is 5.84 Å². The highest BCUT2D eigenvalue weighted by Crippen LogP contribution is 2.16. The first kappa shape index (κ1) is 27.3. The van der Waals surface area contributed by atoms with E-state index in [2.05, 4.69) is 68.6 Å². The number of hydrogen-bond donors (Lipinski definition) is 2. The van der Waals surface area contributed by atoms with E-state index < -0.39 is 12.0 Å². The molecule has 0 aromatic carbocycles. The summed E-state index contributed by atoms with van der Waals surface area (Å²) >= 11 is 1.57. The average molecular weight is 447 g/mol. The molecular weight excluding hydrogens is 404 g/mol. The SMILES string of the molecule is CC(C)=CCCC(C)=CCCC(C)=CCCC(C)=CSCC(NC1=NCCC1)C(=O)O. The third kappa shape index (κ3) is 14.0. The highest BCUT2D eigenvalue weighted by atomic mass is 32.2. The van der Waals surface area contributed by atoms with Crippen LogP contribution in [0, 0.1) is 0 Å². The standard InChI is InChI=1S/C26H42N2O2S/c1-20(2)10-6-11-21(3)12-7-13-22(4)14-8-15-23(5)18-31-19-24(26(29)30)28-25-16-9-17-27-25/h10,12,14,18,24H,6-9,11,13,15-17,19H2,1-5H3,(H,27,28)(H,29,30). The average Bonchev–Trinajstić information content (AvgIpc) is 3.20. The van der Waals surface area contributed by atoms with Crippen LogP contribution in [0.25, 0.3) is 0 Å². The normalized spacial score (nSPS) is 16.2. The number of aliphatic imine (C=N–C) groups is 1. The number of amidine groups is 1. The van der Waals surface area contributed by atoms with Crippen molar-refractivity contribution in [3.63, 3.8) is 0 Å². The first-order chi connectivity index (χ1) is 14.8. The fourth-order valence-corrected chi connectivity index (χ4v) is 4.18. The van der Waals surface area contributed by atoms with Gasteiger partial charge in [0.2, 0.25) is 0 Å². The molecule has 0 amide bonds. The molecule has 0 saturated heterocycles. The molecule has 1 rings (SSSR count). The van der Waals surface area contributed by atoms with E-state index in [0.717, 1.165) is 63.7 Å². The lowest BCUT2D eigenvalue weighted by Crippen LogP contribution is -2.41. The summed E-state index contributed by atoms with van der Waals surface area (Å²) in [5.74, 6) is 0.542. The second kappa shape index (κ2) is 16.0. The molecule has 2 N–H and O–H groups in total. The van der Waals surface area contributed by atoms with Crippen LogP contribution in [0.15, 0.2) is 50.9 Å². The van der Waals surface area contributed by atoms with Gasteiger partial charge in [-0.05, 0) is 85.0 Å². The number of nitrogens with zero attached hydrogens (tertiary/aromatic N) is 1. The van der Waals surface area contributed by atoms with E-state index in [9.17, 15) is 9.90 Å². The lowest BCUT2D eigenvalue weighted by atomic mass is 10.0. The predicted octanol–water partition coefficient (Wildman–Crippen LogP) is 7.06. The van der Waals surface area contributed by atoms with Crippen LogP contribution >= 0.6 is 11.8 Å². The second-order valence-corrected chi connectivity index (χ2v) is 9.67. The summed E-state index contributed by atoms with van der Waals surface area (Å²) in [6, 6.07) is -0.577. The largest absolute Gasteiger partial charge is 0.480 e. The van der Waals surface area contributed by atoms with E-state index in [1.807, 2.05) is 0 Å². The van der Waals surface area contributed by atoms with Crippen LogP contribution in [-0.4, -0.2) is 35.3 Å². The van der Waals surface area contributed by atoms with Gasteiger partial charge < -0.3 is 10.4 Å². The molecular formula is C26H42N2O2S. The van der Waals surface area contributed by atoms with Crippen molar-refractivity contribution < 1.29 is 9.90 Å². The second-order valence-electron chi connectivity index (χ2n) is 8.76. The minimum absolute atomic E-state index is 0.514. The number of allylic oxidation sites excluding steroid dienone is 7. The number of carboxylic acid groups (broad SMARTS) is 1. The van der Waals surface area contributed by atoms with Crippen LogP contribution in [0.4, 0.5) is 0 Å². The van der Waals surface area contributed by atoms with E-state index in [-0.39, 0.29) is 0 Å². The fourth-order valence-electron chi connectivity index (χ4n) is 3.26. The van der Waals surface area contributed by atoms with Gasteiger partial charge in [-0.2, -0.15) is 0 Å². The maximum atomic E-state index is 11.5. The highest BCUT2D eigenvalue weighted by Gasteiger charge is 2.19. The minimum Gasteiger partial charge on any atom is -0.480 e. The molecule has 1 aliphatic rings. The lowest BCUT2D eigenvalue weighted by Gasteiger charge is -2.14. The zero-order valence-electron chi connectivity index (χ0n) is 20.2. The van der Waals surface area contributed by atoms with Crippen molar-refractivity contribution in [2.45, 2.75) is 92.0 Å². The van der Waals surface area contributed by atoms with Crippen LogP contribution in [0.1, 0.15) is 86.0 Å².